The second-order valence-corrected chi connectivity index (χ2v) is 5.42. The average Bonchev–Trinajstić information content (AvgIpc) is 2.94. The van der Waals surface area contributed by atoms with Crippen molar-refractivity contribution in [1.82, 2.24) is 16.1 Å². The monoisotopic (exact) mass is 316 g/mol. The van der Waals surface area contributed by atoms with Crippen molar-refractivity contribution < 1.29 is 29.5 Å². The lowest BCUT2D eigenvalue weighted by Crippen LogP contribution is -2.77. The Morgan fingerprint density at radius 3 is 2.95 bits per heavy atom. The van der Waals surface area contributed by atoms with Gasteiger partial charge in [-0.25, -0.2) is 19.8 Å². The molecular formula is C10H18N7O5+. The van der Waals surface area contributed by atoms with Crippen LogP contribution in [0.1, 0.15) is 6.42 Å². The molecule has 10 N–H and O–H groups in total. The van der Waals surface area contributed by atoms with Gasteiger partial charge in [-0.15, -0.1) is 0 Å². The van der Waals surface area contributed by atoms with Gasteiger partial charge < -0.3 is 26.0 Å². The quantitative estimate of drug-likeness (QED) is 0.107. The molecule has 12 nitrogen and oxygen atoms in total. The predicted molar refractivity (Wildman–Crippen MR) is 70.6 cm³/mol. The summed E-state index contributed by atoms with van der Waals surface area (Å²) >= 11 is 0. The van der Waals surface area contributed by atoms with Gasteiger partial charge in [-0.1, -0.05) is 0 Å². The molecular weight excluding hydrogens is 298 g/mol. The van der Waals surface area contributed by atoms with Gasteiger partial charge in [0.15, 0.2) is 12.0 Å². The van der Waals surface area contributed by atoms with Crippen molar-refractivity contribution >= 4 is 18.0 Å². The molecule has 0 bridgehead atoms. The minimum atomic E-state index is -2.13. The number of aliphatic imine (C=N–C) groups is 1. The van der Waals surface area contributed by atoms with E-state index in [1.54, 1.807) is 4.58 Å². The highest BCUT2D eigenvalue weighted by molar-refractivity contribution is 5.83. The topological polar surface area (TPSA) is 190 Å². The lowest BCUT2D eigenvalue weighted by atomic mass is 9.87. The van der Waals surface area contributed by atoms with E-state index in [0.29, 0.717) is 0 Å². The minimum Gasteiger partial charge on any atom is -0.444 e. The fourth-order valence-corrected chi connectivity index (χ4v) is 3.33. The zero-order valence-corrected chi connectivity index (χ0v) is 11.5. The van der Waals surface area contributed by atoms with Crippen molar-refractivity contribution in [1.29, 1.82) is 0 Å². The molecule has 3 heterocycles. The Labute approximate surface area is 124 Å². The summed E-state index contributed by atoms with van der Waals surface area (Å²) in [5.41, 5.74) is 11.5. The van der Waals surface area contributed by atoms with Crippen LogP contribution in [0, 0.1) is 0 Å². The standard InChI is InChI=1S/C10H17N7O5/c11-6-14-5-4(3-22-8(18)16-21)13-7(12)17-2-1-9(19,20)10(5,17)15-6/h4-5,19-20H,1-3H2,(H7,11,12,13,14,15,16,18,21)/p+1/t4-,5-,10-/m0/s1. The maximum Gasteiger partial charge on any atom is 0.431 e. The number of ether oxygens (including phenoxy) is 1. The fraction of sp³-hybridized carbons (Fsp3) is 0.700. The molecule has 3 atom stereocenters. The van der Waals surface area contributed by atoms with E-state index in [4.69, 9.17) is 21.4 Å². The third kappa shape index (κ3) is 1.77. The third-order valence-corrected chi connectivity index (χ3v) is 4.24. The zero-order chi connectivity index (χ0) is 16.1. The van der Waals surface area contributed by atoms with Crippen LogP contribution in [0.15, 0.2) is 4.99 Å². The average molecular weight is 316 g/mol. The second-order valence-electron chi connectivity index (χ2n) is 5.42. The van der Waals surface area contributed by atoms with E-state index in [0.717, 1.165) is 0 Å². The van der Waals surface area contributed by atoms with E-state index >= 15 is 0 Å². The summed E-state index contributed by atoms with van der Waals surface area (Å²) in [6.45, 7) is 0.0602. The summed E-state index contributed by atoms with van der Waals surface area (Å²) in [6, 6.07) is -1.44. The number of carbonyl (C=O) groups is 1. The van der Waals surface area contributed by atoms with Crippen molar-refractivity contribution in [3.63, 3.8) is 0 Å². The number of hydroxylamine groups is 1. The van der Waals surface area contributed by atoms with Crippen LogP contribution in [0.2, 0.25) is 0 Å². The molecule has 1 amide bonds. The van der Waals surface area contributed by atoms with E-state index in [1.807, 2.05) is 0 Å². The highest BCUT2D eigenvalue weighted by Gasteiger charge is 2.71. The van der Waals surface area contributed by atoms with Gasteiger partial charge in [0.05, 0.1) is 6.54 Å². The molecule has 122 valence electrons. The number of amides is 1. The Balaban J connectivity index is 1.96. The first-order chi connectivity index (χ1) is 10.3. The van der Waals surface area contributed by atoms with Gasteiger partial charge in [0.2, 0.25) is 11.4 Å². The van der Waals surface area contributed by atoms with Crippen molar-refractivity contribution in [2.24, 2.45) is 16.5 Å². The number of nitrogens with zero attached hydrogens (tertiary/aromatic N) is 2. The normalized spacial score (nSPS) is 35.0. The molecule has 12 heteroatoms. The first-order valence-corrected chi connectivity index (χ1v) is 6.61. The maximum absolute atomic E-state index is 11.0. The van der Waals surface area contributed by atoms with Crippen LogP contribution >= 0.6 is 0 Å². The Morgan fingerprint density at radius 1 is 1.55 bits per heavy atom. The molecule has 0 radical (unpaired) electrons. The van der Waals surface area contributed by atoms with Gasteiger partial charge in [-0.05, 0) is 0 Å². The molecule has 1 saturated heterocycles. The zero-order valence-electron chi connectivity index (χ0n) is 11.5. The van der Waals surface area contributed by atoms with Gasteiger partial charge in [0.1, 0.15) is 12.6 Å². The molecule has 0 saturated carbocycles. The highest BCUT2D eigenvalue weighted by atomic mass is 16.6. The number of rotatable bonds is 2. The van der Waals surface area contributed by atoms with E-state index in [2.05, 4.69) is 15.6 Å². The molecule has 0 aliphatic carbocycles. The van der Waals surface area contributed by atoms with Gasteiger partial charge in [-0.3, -0.25) is 16.3 Å². The van der Waals surface area contributed by atoms with Crippen LogP contribution in [0.25, 0.3) is 0 Å². The Bertz CT molecular complexity index is 576. The van der Waals surface area contributed by atoms with Gasteiger partial charge in [-0.2, -0.15) is 0 Å². The Hall–Kier alpha value is -2.31. The minimum absolute atomic E-state index is 0.0254. The first kappa shape index (κ1) is 14.6. The Morgan fingerprint density at radius 2 is 2.27 bits per heavy atom. The van der Waals surface area contributed by atoms with E-state index in [1.165, 1.54) is 5.48 Å². The molecule has 3 aliphatic rings. The summed E-state index contributed by atoms with van der Waals surface area (Å²) in [7, 11) is 0. The van der Waals surface area contributed by atoms with E-state index in [9.17, 15) is 15.0 Å². The smallest absolute Gasteiger partial charge is 0.431 e. The van der Waals surface area contributed by atoms with Crippen molar-refractivity contribution in [3.05, 3.63) is 0 Å². The molecule has 0 aromatic rings. The van der Waals surface area contributed by atoms with Crippen molar-refractivity contribution in [2.45, 2.75) is 30.0 Å². The molecule has 1 fully saturated rings. The largest absolute Gasteiger partial charge is 0.444 e. The fourth-order valence-electron chi connectivity index (χ4n) is 3.33. The molecule has 0 unspecified atom stereocenters. The van der Waals surface area contributed by atoms with Crippen LogP contribution in [0.3, 0.4) is 0 Å². The summed E-state index contributed by atoms with van der Waals surface area (Å²) < 4.78 is 6.33. The lowest BCUT2D eigenvalue weighted by molar-refractivity contribution is -0.623. The molecule has 0 aromatic heterocycles. The molecule has 3 rings (SSSR count). The molecule has 0 aromatic carbocycles. The highest BCUT2D eigenvalue weighted by Crippen LogP contribution is 2.40. The lowest BCUT2D eigenvalue weighted by Gasteiger charge is -2.42. The van der Waals surface area contributed by atoms with E-state index < -0.39 is 29.6 Å². The number of hydrogen-bond acceptors (Lipinski definition) is 10. The number of aliphatic hydroxyl groups is 2. The van der Waals surface area contributed by atoms with Crippen LogP contribution in [-0.4, -0.2) is 74.7 Å². The third-order valence-electron chi connectivity index (χ3n) is 4.24. The summed E-state index contributed by atoms with van der Waals surface area (Å²) in [5, 5.41) is 34.9. The number of nitrogens with one attached hydrogen (secondary N) is 3. The molecule has 3 aliphatic heterocycles. The summed E-state index contributed by atoms with van der Waals surface area (Å²) in [4.78, 5) is 15.2. The van der Waals surface area contributed by atoms with Crippen LogP contribution in [-0.2, 0) is 4.74 Å². The van der Waals surface area contributed by atoms with Crippen LogP contribution in [0.4, 0.5) is 4.79 Å². The van der Waals surface area contributed by atoms with E-state index in [-0.39, 0.29) is 31.5 Å². The molecule has 22 heavy (non-hydrogen) atoms. The number of carbonyl (C=O) groups excluding carboxylic acids is 1. The van der Waals surface area contributed by atoms with Gasteiger partial charge >= 0.3 is 12.1 Å². The maximum atomic E-state index is 11.0. The van der Waals surface area contributed by atoms with Crippen molar-refractivity contribution in [2.75, 3.05) is 13.2 Å². The first-order valence-electron chi connectivity index (χ1n) is 6.61. The number of guanidine groups is 2. The SMILES string of the molecule is NC1=N[C@H]2[C@H](COC(=O)NO)NC(N)=[N+]3CCC(O)(O)[C@]23N1. The summed E-state index contributed by atoms with van der Waals surface area (Å²) in [6.07, 6.45) is -1.02. The summed E-state index contributed by atoms with van der Waals surface area (Å²) in [5.74, 6) is -1.93. The number of hydrogen-bond donors (Lipinski definition) is 8. The van der Waals surface area contributed by atoms with Crippen molar-refractivity contribution in [3.8, 4) is 0 Å². The van der Waals surface area contributed by atoms with Gasteiger partial charge in [0.25, 0.3) is 0 Å². The second kappa shape index (κ2) is 4.59. The van der Waals surface area contributed by atoms with Crippen LogP contribution < -0.4 is 27.6 Å². The molecule has 1 spiro atoms. The van der Waals surface area contributed by atoms with Crippen LogP contribution in [0.5, 0.6) is 0 Å². The Kier molecular flexibility index (Phi) is 3.05. The number of nitrogens with two attached hydrogens (primary N) is 2. The van der Waals surface area contributed by atoms with Gasteiger partial charge in [0, 0.05) is 6.42 Å². The predicted octanol–water partition coefficient (Wildman–Crippen LogP) is -4.53.